The Hall–Kier alpha value is -1.52. The van der Waals surface area contributed by atoms with Crippen LogP contribution in [-0.2, 0) is 26.9 Å². The van der Waals surface area contributed by atoms with Crippen LogP contribution in [0.5, 0.6) is 17.2 Å². The Morgan fingerprint density at radius 1 is 1.04 bits per heavy atom. The smallest absolute Gasteiger partial charge is 0.200 e. The van der Waals surface area contributed by atoms with Gasteiger partial charge >= 0.3 is 0 Å². The summed E-state index contributed by atoms with van der Waals surface area (Å²) in [4.78, 5) is 13.4. The second kappa shape index (κ2) is 13.8. The van der Waals surface area contributed by atoms with Crippen LogP contribution in [0, 0.1) is 5.92 Å². The lowest BCUT2D eigenvalue weighted by Crippen LogP contribution is -2.56. The molecule has 4 atom stereocenters. The summed E-state index contributed by atoms with van der Waals surface area (Å²) in [5.41, 5.74) is 4.98. The molecule has 0 bridgehead atoms. The van der Waals surface area contributed by atoms with Crippen LogP contribution in [0.15, 0.2) is 34.8 Å². The molecule has 0 amide bonds. The van der Waals surface area contributed by atoms with Crippen molar-refractivity contribution in [3.8, 4) is 17.2 Å². The third-order valence-corrected chi connectivity index (χ3v) is 19.5. The Morgan fingerprint density at radius 3 is 2.37 bits per heavy atom. The van der Waals surface area contributed by atoms with Gasteiger partial charge in [-0.1, -0.05) is 53.7 Å². The molecule has 2 aliphatic heterocycles. The minimum Gasteiger partial charge on any atom is -0.497 e. The van der Waals surface area contributed by atoms with Gasteiger partial charge < -0.3 is 24.0 Å². The summed E-state index contributed by atoms with van der Waals surface area (Å²) in [5, 5.41) is 4.03. The number of carbonyl (C=O) groups is 1. The first-order valence-corrected chi connectivity index (χ1v) is 21.3. The van der Waals surface area contributed by atoms with Gasteiger partial charge in [0.25, 0.3) is 0 Å². The zero-order valence-electron chi connectivity index (χ0n) is 28.6. The van der Waals surface area contributed by atoms with Crippen LogP contribution in [0.1, 0.15) is 90.3 Å². The number of carbonyl (C=O) groups excluding carboxylic acids is 1. The number of hydrogen-bond donors (Lipinski definition) is 1. The van der Waals surface area contributed by atoms with Crippen LogP contribution in [0.3, 0.4) is 0 Å². The predicted molar refractivity (Wildman–Crippen MR) is 193 cm³/mol. The molecular formula is C37H52BrNO5SSi. The van der Waals surface area contributed by atoms with Crippen LogP contribution in [-0.4, -0.2) is 51.8 Å². The largest absolute Gasteiger partial charge is 0.497 e. The summed E-state index contributed by atoms with van der Waals surface area (Å²) in [5.74, 6) is 4.35. The number of ketones is 1. The molecule has 2 heterocycles. The maximum atomic E-state index is 13.4. The number of methoxy groups -OCH3 is 1. The zero-order chi connectivity index (χ0) is 32.8. The highest BCUT2D eigenvalue weighted by Gasteiger charge is 2.61. The van der Waals surface area contributed by atoms with E-state index in [1.807, 2.05) is 23.9 Å². The fraction of sp³-hybridized carbons (Fsp3) is 0.649. The first kappa shape index (κ1) is 34.3. The number of thioether (sulfide) groups is 1. The summed E-state index contributed by atoms with van der Waals surface area (Å²) < 4.78 is 26.9. The SMILES string of the molecule is COc1ccc(CS[C@@H]2CC(=O)C[C@H]3Oc4c(Br)c(OCC5CC5)cc5c4[C@]32C[C@@H](CO[Si](C(C)C)(C(C)C)C(C)C)NC5)cc1. The van der Waals surface area contributed by atoms with Crippen molar-refractivity contribution in [3.05, 3.63) is 51.5 Å². The normalized spacial score (nSPS) is 25.8. The molecule has 0 radical (unpaired) electrons. The molecule has 46 heavy (non-hydrogen) atoms. The number of rotatable bonds is 13. The van der Waals surface area contributed by atoms with Gasteiger partial charge in [0.15, 0.2) is 8.32 Å². The minimum absolute atomic E-state index is 0.0793. The van der Waals surface area contributed by atoms with Crippen LogP contribution >= 0.6 is 27.7 Å². The van der Waals surface area contributed by atoms with E-state index in [1.54, 1.807) is 7.11 Å². The van der Waals surface area contributed by atoms with Crippen molar-refractivity contribution < 1.29 is 23.4 Å². The van der Waals surface area contributed by atoms with Gasteiger partial charge in [0.1, 0.15) is 33.6 Å². The number of benzene rings is 2. The van der Waals surface area contributed by atoms with Gasteiger partial charge in [-0.15, -0.1) is 0 Å². The number of Topliss-reactive ketones (excluding diaryl/α,β-unsaturated/α-hetero) is 1. The average Bonchev–Trinajstić information content (AvgIpc) is 3.81. The van der Waals surface area contributed by atoms with Crippen molar-refractivity contribution in [2.45, 2.75) is 125 Å². The molecule has 6 nitrogen and oxygen atoms in total. The van der Waals surface area contributed by atoms with E-state index in [2.05, 4.69) is 81.0 Å². The monoisotopic (exact) mass is 729 g/mol. The molecular weight excluding hydrogens is 678 g/mol. The molecule has 1 N–H and O–H groups in total. The molecule has 4 aliphatic rings. The van der Waals surface area contributed by atoms with Crippen molar-refractivity contribution in [2.24, 2.45) is 5.92 Å². The van der Waals surface area contributed by atoms with Gasteiger partial charge in [0.05, 0.1) is 19.1 Å². The molecule has 6 rings (SSSR count). The number of halogens is 1. The highest BCUT2D eigenvalue weighted by Crippen LogP contribution is 2.61. The van der Waals surface area contributed by atoms with Crippen molar-refractivity contribution in [3.63, 3.8) is 0 Å². The van der Waals surface area contributed by atoms with Crippen molar-refractivity contribution in [1.29, 1.82) is 0 Å². The Morgan fingerprint density at radius 2 is 1.74 bits per heavy atom. The van der Waals surface area contributed by atoms with E-state index >= 15 is 0 Å². The minimum atomic E-state index is -2.07. The molecule has 2 aromatic carbocycles. The molecule has 0 unspecified atom stereocenters. The maximum absolute atomic E-state index is 13.4. The van der Waals surface area contributed by atoms with E-state index in [0.717, 1.165) is 47.0 Å². The molecule has 2 fully saturated rings. The van der Waals surface area contributed by atoms with Gasteiger partial charge in [-0.2, -0.15) is 11.8 Å². The average molecular weight is 731 g/mol. The first-order valence-electron chi connectivity index (χ1n) is 17.3. The number of ether oxygens (including phenoxy) is 3. The van der Waals surface area contributed by atoms with E-state index < -0.39 is 8.32 Å². The second-order valence-electron chi connectivity index (χ2n) is 15.0. The summed E-state index contributed by atoms with van der Waals surface area (Å²) in [6, 6.07) is 10.7. The molecule has 2 aromatic rings. The molecule has 0 saturated heterocycles. The second-order valence-corrected chi connectivity index (χ2v) is 22.4. The highest BCUT2D eigenvalue weighted by atomic mass is 79.9. The molecule has 0 aromatic heterocycles. The van der Waals surface area contributed by atoms with Crippen LogP contribution in [0.25, 0.3) is 0 Å². The van der Waals surface area contributed by atoms with Gasteiger partial charge in [0, 0.05) is 48.6 Å². The molecule has 1 spiro atoms. The highest BCUT2D eigenvalue weighted by molar-refractivity contribution is 9.10. The Balaban J connectivity index is 1.38. The third kappa shape index (κ3) is 6.33. The van der Waals surface area contributed by atoms with E-state index in [9.17, 15) is 4.79 Å². The van der Waals surface area contributed by atoms with Crippen LogP contribution < -0.4 is 19.5 Å². The van der Waals surface area contributed by atoms with E-state index in [4.69, 9.17) is 18.6 Å². The van der Waals surface area contributed by atoms with Gasteiger partial charge in [0.2, 0.25) is 0 Å². The predicted octanol–water partition coefficient (Wildman–Crippen LogP) is 8.96. The summed E-state index contributed by atoms with van der Waals surface area (Å²) in [7, 11) is -0.373. The van der Waals surface area contributed by atoms with Crippen LogP contribution in [0.4, 0.5) is 0 Å². The number of nitrogens with one attached hydrogen (secondary N) is 1. The van der Waals surface area contributed by atoms with E-state index in [-0.39, 0.29) is 28.6 Å². The van der Waals surface area contributed by atoms with Gasteiger partial charge in [-0.05, 0) is 87.1 Å². The lowest BCUT2D eigenvalue weighted by atomic mass is 9.64. The molecule has 252 valence electrons. The fourth-order valence-electron chi connectivity index (χ4n) is 8.79. The standard InChI is InChI=1S/C37H52BrNO5SSi/c1-22(2)46(23(3)4,24(5)6)43-20-28-17-37-32(15-29(40)16-33(37)45-21-26-10-12-30(41-7)13-11-26)44-36-34(37)27(18-39-28)14-31(35(36)38)42-19-25-8-9-25/h10-14,22-25,28,32-33,39H,8-9,15-21H2,1-7H3/t28-,32+,33+,37+/m0/s1. The molecule has 2 aliphatic carbocycles. The Bertz CT molecular complexity index is 1390. The third-order valence-electron chi connectivity index (χ3n) is 11.2. The fourth-order valence-corrected chi connectivity index (χ4v) is 16.4. The summed E-state index contributed by atoms with van der Waals surface area (Å²) in [6.45, 7) is 16.3. The topological polar surface area (TPSA) is 66.0 Å². The van der Waals surface area contributed by atoms with Crippen molar-refractivity contribution >= 4 is 41.8 Å². The lowest BCUT2D eigenvalue weighted by molar-refractivity contribution is -0.124. The molecule has 9 heteroatoms. The van der Waals surface area contributed by atoms with E-state index in [0.29, 0.717) is 42.0 Å². The quantitative estimate of drug-likeness (QED) is 0.207. The Kier molecular flexibility index (Phi) is 10.3. The van der Waals surface area contributed by atoms with E-state index in [1.165, 1.54) is 29.5 Å². The zero-order valence-corrected chi connectivity index (χ0v) is 32.0. The van der Waals surface area contributed by atoms with Crippen molar-refractivity contribution in [2.75, 3.05) is 20.3 Å². The van der Waals surface area contributed by atoms with Crippen LogP contribution in [0.2, 0.25) is 16.6 Å². The summed E-state index contributed by atoms with van der Waals surface area (Å²) >= 11 is 5.83. The maximum Gasteiger partial charge on any atom is 0.200 e. The summed E-state index contributed by atoms with van der Waals surface area (Å²) in [6.07, 6.45) is 4.13. The van der Waals surface area contributed by atoms with Crippen molar-refractivity contribution in [1.82, 2.24) is 5.32 Å². The van der Waals surface area contributed by atoms with Gasteiger partial charge in [-0.3, -0.25) is 4.79 Å². The number of hydrogen-bond acceptors (Lipinski definition) is 7. The first-order chi connectivity index (χ1) is 22.0. The molecule has 2 saturated carbocycles. The Labute approximate surface area is 289 Å². The lowest BCUT2D eigenvalue weighted by Gasteiger charge is -2.46. The van der Waals surface area contributed by atoms with Gasteiger partial charge in [-0.25, -0.2) is 0 Å².